The van der Waals surface area contributed by atoms with E-state index in [9.17, 15) is 23.1 Å². The van der Waals surface area contributed by atoms with Crippen LogP contribution in [0.4, 0.5) is 13.2 Å². The lowest BCUT2D eigenvalue weighted by molar-refractivity contribution is -0.274. The molecule has 1 fully saturated rings. The Morgan fingerprint density at radius 3 is 2.44 bits per heavy atom. The van der Waals surface area contributed by atoms with Gasteiger partial charge in [0.1, 0.15) is 16.5 Å². The maximum atomic E-state index is 12.6. The number of carboxylic acid groups (broad SMARTS) is 1. The highest BCUT2D eigenvalue weighted by molar-refractivity contribution is 7.99. The molecule has 192 valence electrons. The molecule has 3 aromatic rings. The van der Waals surface area contributed by atoms with Gasteiger partial charge >= 0.3 is 12.3 Å². The monoisotopic (exact) mass is 541 g/mol. The zero-order chi connectivity index (χ0) is 25.9. The van der Waals surface area contributed by atoms with E-state index < -0.39 is 12.3 Å². The van der Waals surface area contributed by atoms with Crippen LogP contribution >= 0.6 is 23.4 Å². The molecular formula is C24H23ClF3N3O4S. The van der Waals surface area contributed by atoms with Crippen LogP contribution in [0.25, 0.3) is 0 Å². The molecule has 12 heteroatoms. The molecule has 0 radical (unpaired) electrons. The van der Waals surface area contributed by atoms with Gasteiger partial charge in [-0.15, -0.1) is 30.0 Å². The number of halogens is 4. The number of ether oxygens (including phenoxy) is 2. The predicted octanol–water partition coefficient (Wildman–Crippen LogP) is 6.40. The summed E-state index contributed by atoms with van der Waals surface area (Å²) in [5.74, 6) is -0.742. The van der Waals surface area contributed by atoms with E-state index in [0.29, 0.717) is 35.7 Å². The Bertz CT molecular complexity index is 1210. The average Bonchev–Trinajstić information content (AvgIpc) is 3.21. The Labute approximate surface area is 214 Å². The lowest BCUT2D eigenvalue weighted by Crippen LogP contribution is -2.18. The summed E-state index contributed by atoms with van der Waals surface area (Å²) in [5, 5.41) is 18.3. The Hall–Kier alpha value is -2.92. The number of carboxylic acids is 1. The van der Waals surface area contributed by atoms with Gasteiger partial charge in [0.15, 0.2) is 0 Å². The third-order valence-corrected chi connectivity index (χ3v) is 7.59. The van der Waals surface area contributed by atoms with Crippen LogP contribution in [-0.4, -0.2) is 44.8 Å². The van der Waals surface area contributed by atoms with E-state index in [1.165, 1.54) is 17.8 Å². The summed E-state index contributed by atoms with van der Waals surface area (Å²) < 4.78 is 48.7. The summed E-state index contributed by atoms with van der Waals surface area (Å²) in [6.45, 7) is 0.354. The highest BCUT2D eigenvalue weighted by atomic mass is 35.5. The van der Waals surface area contributed by atoms with E-state index in [1.54, 1.807) is 17.9 Å². The number of nitrogens with zero attached hydrogens (tertiary/aromatic N) is 3. The maximum Gasteiger partial charge on any atom is 0.573 e. The minimum atomic E-state index is -4.79. The highest BCUT2D eigenvalue weighted by Gasteiger charge is 2.32. The first-order valence-corrected chi connectivity index (χ1v) is 12.4. The number of alkyl halides is 3. The second kappa shape index (κ2) is 11.0. The topological polar surface area (TPSA) is 86.5 Å². The first-order chi connectivity index (χ1) is 17.1. The fraction of sp³-hybridized carbons (Fsp3) is 0.375. The first-order valence-electron chi connectivity index (χ1n) is 11.1. The van der Waals surface area contributed by atoms with E-state index in [2.05, 4.69) is 15.0 Å². The van der Waals surface area contributed by atoms with Crippen molar-refractivity contribution in [3.63, 3.8) is 0 Å². The molecule has 1 aliphatic carbocycles. The van der Waals surface area contributed by atoms with Crippen molar-refractivity contribution in [2.75, 3.05) is 7.11 Å². The van der Waals surface area contributed by atoms with Crippen molar-refractivity contribution in [3.05, 3.63) is 64.3 Å². The van der Waals surface area contributed by atoms with E-state index in [-0.39, 0.29) is 27.6 Å². The number of aromatic carboxylic acids is 1. The second-order valence-electron chi connectivity index (χ2n) is 8.41. The van der Waals surface area contributed by atoms with Gasteiger partial charge in [-0.05, 0) is 73.1 Å². The van der Waals surface area contributed by atoms with Gasteiger partial charge in [-0.25, -0.2) is 9.48 Å². The van der Waals surface area contributed by atoms with E-state index in [1.807, 2.05) is 24.3 Å². The number of benzene rings is 2. The van der Waals surface area contributed by atoms with Gasteiger partial charge in [0.25, 0.3) is 0 Å². The van der Waals surface area contributed by atoms with Crippen LogP contribution in [0.15, 0.2) is 47.5 Å². The molecule has 7 nitrogen and oxygen atoms in total. The fourth-order valence-corrected chi connectivity index (χ4v) is 5.77. The number of thioether (sulfide) groups is 1. The quantitative estimate of drug-likeness (QED) is 0.353. The molecule has 1 aliphatic rings. The van der Waals surface area contributed by atoms with Gasteiger partial charge in [0.2, 0.25) is 5.69 Å². The molecule has 0 saturated heterocycles. The summed E-state index contributed by atoms with van der Waals surface area (Å²) in [4.78, 5) is 11.8. The highest BCUT2D eigenvalue weighted by Crippen LogP contribution is 2.42. The van der Waals surface area contributed by atoms with E-state index in [4.69, 9.17) is 16.3 Å². The van der Waals surface area contributed by atoms with Crippen LogP contribution in [0.5, 0.6) is 11.5 Å². The molecule has 0 spiro atoms. The van der Waals surface area contributed by atoms with E-state index >= 15 is 0 Å². The van der Waals surface area contributed by atoms with Gasteiger partial charge in [-0.1, -0.05) is 28.9 Å². The smallest absolute Gasteiger partial charge is 0.497 e. The van der Waals surface area contributed by atoms with Gasteiger partial charge in [0, 0.05) is 10.3 Å². The molecule has 1 N–H and O–H groups in total. The van der Waals surface area contributed by atoms with Crippen molar-refractivity contribution in [2.45, 2.75) is 54.8 Å². The summed E-state index contributed by atoms with van der Waals surface area (Å²) in [6.07, 6.45) is -1.88. The Kier molecular flexibility index (Phi) is 7.99. The van der Waals surface area contributed by atoms with Crippen molar-refractivity contribution in [3.8, 4) is 11.5 Å². The molecule has 1 saturated carbocycles. The molecule has 36 heavy (non-hydrogen) atoms. The van der Waals surface area contributed by atoms with Crippen molar-refractivity contribution in [1.29, 1.82) is 0 Å². The summed E-state index contributed by atoms with van der Waals surface area (Å²) >= 11 is 7.46. The molecule has 4 rings (SSSR count). The minimum Gasteiger partial charge on any atom is -0.497 e. The van der Waals surface area contributed by atoms with Crippen molar-refractivity contribution in [2.24, 2.45) is 0 Å². The summed E-state index contributed by atoms with van der Waals surface area (Å²) in [5.41, 5.74) is 1.52. The van der Waals surface area contributed by atoms with Crippen LogP contribution in [-0.2, 0) is 6.54 Å². The van der Waals surface area contributed by atoms with Crippen molar-refractivity contribution in [1.82, 2.24) is 15.0 Å². The normalized spacial score (nSPS) is 18.1. The summed E-state index contributed by atoms with van der Waals surface area (Å²) in [6, 6.07) is 11.6. The maximum absolute atomic E-state index is 12.6. The van der Waals surface area contributed by atoms with Gasteiger partial charge < -0.3 is 14.6 Å². The molecule has 0 aliphatic heterocycles. The SMILES string of the molecule is COc1ccc(Cn2nnc(C(=O)O)c2S[C@H]2CC[C@@H](c3cc(Cl)cc(OC(F)(F)F)c3)CC2)cc1. The molecule has 1 aromatic heterocycles. The van der Waals surface area contributed by atoms with E-state index in [0.717, 1.165) is 24.5 Å². The van der Waals surface area contributed by atoms with Crippen LogP contribution in [0.2, 0.25) is 5.02 Å². The Morgan fingerprint density at radius 2 is 1.83 bits per heavy atom. The standard InChI is InChI=1S/C24H23ClF3N3O4S/c1-34-18-6-2-14(3-7-18)13-31-22(21(23(32)33)29-30-31)36-20-8-4-15(5-9-20)16-10-17(25)12-19(11-16)35-24(26,27)28/h2-3,6-7,10-12,15,20H,4-5,8-9,13H2,1H3,(H,32,33)/t15-,20+. The third kappa shape index (κ3) is 6.64. The van der Waals surface area contributed by atoms with Gasteiger partial charge in [-0.2, -0.15) is 0 Å². The lowest BCUT2D eigenvalue weighted by Gasteiger charge is -2.29. The molecule has 0 amide bonds. The third-order valence-electron chi connectivity index (χ3n) is 5.93. The summed E-state index contributed by atoms with van der Waals surface area (Å²) in [7, 11) is 1.58. The van der Waals surface area contributed by atoms with Gasteiger partial charge in [-0.3, -0.25) is 0 Å². The second-order valence-corrected chi connectivity index (χ2v) is 10.1. The Morgan fingerprint density at radius 1 is 1.14 bits per heavy atom. The predicted molar refractivity (Wildman–Crippen MR) is 128 cm³/mol. The molecular weight excluding hydrogens is 519 g/mol. The van der Waals surface area contributed by atoms with Crippen LogP contribution in [0.3, 0.4) is 0 Å². The number of aromatic nitrogens is 3. The van der Waals surface area contributed by atoms with Gasteiger partial charge in [0.05, 0.1) is 13.7 Å². The fourth-order valence-electron chi connectivity index (χ4n) is 4.25. The largest absolute Gasteiger partial charge is 0.573 e. The van der Waals surface area contributed by atoms with Crippen molar-refractivity contribution >= 4 is 29.3 Å². The van der Waals surface area contributed by atoms with Crippen LogP contribution < -0.4 is 9.47 Å². The molecule has 0 unspecified atom stereocenters. The number of hydrogen-bond acceptors (Lipinski definition) is 6. The number of rotatable bonds is 8. The van der Waals surface area contributed by atoms with Crippen molar-refractivity contribution < 1.29 is 32.5 Å². The number of hydrogen-bond donors (Lipinski definition) is 1. The lowest BCUT2D eigenvalue weighted by atomic mass is 9.84. The molecule has 0 bridgehead atoms. The van der Waals surface area contributed by atoms with Crippen LogP contribution in [0, 0.1) is 0 Å². The first kappa shape index (κ1) is 26.2. The molecule has 2 aromatic carbocycles. The molecule has 0 atom stereocenters. The number of methoxy groups -OCH3 is 1. The minimum absolute atomic E-state index is 0.0254. The zero-order valence-electron chi connectivity index (χ0n) is 19.2. The molecule has 1 heterocycles. The Balaban J connectivity index is 1.44. The average molecular weight is 542 g/mol. The zero-order valence-corrected chi connectivity index (χ0v) is 20.7. The number of carbonyl (C=O) groups is 1. The van der Waals surface area contributed by atoms with Crippen LogP contribution in [0.1, 0.15) is 53.2 Å².